The smallest absolute Gasteiger partial charge is 0.226 e. The van der Waals surface area contributed by atoms with Crippen LogP contribution in [0.1, 0.15) is 23.7 Å². The Balaban J connectivity index is 1.46. The number of anilines is 1. The monoisotopic (exact) mass is 400 g/mol. The van der Waals surface area contributed by atoms with Crippen molar-refractivity contribution in [3.05, 3.63) is 53.8 Å². The topological polar surface area (TPSA) is 59.1 Å². The van der Waals surface area contributed by atoms with Crippen LogP contribution in [0, 0.1) is 5.82 Å². The maximum atomic E-state index is 14.3. The summed E-state index contributed by atoms with van der Waals surface area (Å²) in [4.78, 5) is 27.5. The lowest BCUT2D eigenvalue weighted by molar-refractivity contribution is -0.132. The molecule has 7 heteroatoms. The van der Waals surface area contributed by atoms with Gasteiger partial charge in [0.1, 0.15) is 17.3 Å². The molecule has 1 aliphatic rings. The highest BCUT2D eigenvalue weighted by atomic mass is 19.1. The average Bonchev–Trinajstić information content (AvgIpc) is 2.74. The van der Waals surface area contributed by atoms with Crippen LogP contribution in [0.4, 0.5) is 10.1 Å². The van der Waals surface area contributed by atoms with Gasteiger partial charge in [-0.25, -0.2) is 4.39 Å². The molecule has 0 N–H and O–H groups in total. The molecule has 0 radical (unpaired) electrons. The summed E-state index contributed by atoms with van der Waals surface area (Å²) in [6.07, 6.45) is 0.285. The number of amides is 1. The zero-order chi connectivity index (χ0) is 20.8. The van der Waals surface area contributed by atoms with Crippen LogP contribution in [0.25, 0.3) is 0 Å². The molecule has 154 valence electrons. The minimum absolute atomic E-state index is 0.0190. The van der Waals surface area contributed by atoms with E-state index < -0.39 is 5.82 Å². The molecule has 0 atom stereocenters. The number of hydrogen-bond donors (Lipinski definition) is 0. The van der Waals surface area contributed by atoms with Gasteiger partial charge < -0.3 is 19.3 Å². The molecule has 1 fully saturated rings. The van der Waals surface area contributed by atoms with Gasteiger partial charge in [-0.2, -0.15) is 0 Å². The lowest BCUT2D eigenvalue weighted by Crippen LogP contribution is -2.49. The number of methoxy groups -OCH3 is 1. The van der Waals surface area contributed by atoms with E-state index >= 15 is 0 Å². The Hall–Kier alpha value is -3.09. The fourth-order valence-corrected chi connectivity index (χ4v) is 3.27. The predicted molar refractivity (Wildman–Crippen MR) is 108 cm³/mol. The van der Waals surface area contributed by atoms with E-state index in [2.05, 4.69) is 0 Å². The third-order valence-electron chi connectivity index (χ3n) is 4.97. The van der Waals surface area contributed by atoms with Gasteiger partial charge in [-0.15, -0.1) is 0 Å². The predicted octanol–water partition coefficient (Wildman–Crippen LogP) is 3.15. The molecule has 1 aliphatic heterocycles. The normalized spacial score (nSPS) is 13.9. The summed E-state index contributed by atoms with van der Waals surface area (Å²) in [7, 11) is 1.60. The first kappa shape index (κ1) is 20.6. The number of benzene rings is 2. The fourth-order valence-electron chi connectivity index (χ4n) is 3.27. The van der Waals surface area contributed by atoms with Crippen molar-refractivity contribution >= 4 is 17.4 Å². The fraction of sp³-hybridized carbons (Fsp3) is 0.364. The van der Waals surface area contributed by atoms with Crippen molar-refractivity contribution in [2.45, 2.75) is 13.3 Å². The van der Waals surface area contributed by atoms with E-state index in [9.17, 15) is 14.0 Å². The van der Waals surface area contributed by atoms with Crippen LogP contribution in [0.5, 0.6) is 11.5 Å². The highest BCUT2D eigenvalue weighted by Gasteiger charge is 2.23. The summed E-state index contributed by atoms with van der Waals surface area (Å²) in [5.41, 5.74) is 0.821. The van der Waals surface area contributed by atoms with Gasteiger partial charge in [-0.1, -0.05) is 0 Å². The molecule has 0 bridgehead atoms. The van der Waals surface area contributed by atoms with Crippen LogP contribution in [-0.2, 0) is 4.79 Å². The highest BCUT2D eigenvalue weighted by Crippen LogP contribution is 2.22. The first-order valence-corrected chi connectivity index (χ1v) is 9.58. The van der Waals surface area contributed by atoms with Crippen molar-refractivity contribution in [1.29, 1.82) is 0 Å². The van der Waals surface area contributed by atoms with Gasteiger partial charge in [-0.3, -0.25) is 9.59 Å². The molecule has 3 rings (SSSR count). The van der Waals surface area contributed by atoms with Crippen LogP contribution in [0.15, 0.2) is 42.5 Å². The standard InChI is InChI=1S/C22H25FN2O4/c1-16(26)17-3-8-21(20(23)15-17)24-10-12-25(13-11-24)22(27)9-14-29-19-6-4-18(28-2)5-7-19/h3-8,15H,9-14H2,1-2H3. The molecule has 29 heavy (non-hydrogen) atoms. The van der Waals surface area contributed by atoms with Gasteiger partial charge >= 0.3 is 0 Å². The van der Waals surface area contributed by atoms with E-state index in [1.165, 1.54) is 13.0 Å². The lowest BCUT2D eigenvalue weighted by atomic mass is 10.1. The Morgan fingerprint density at radius 1 is 1.00 bits per heavy atom. The van der Waals surface area contributed by atoms with Crippen molar-refractivity contribution in [2.24, 2.45) is 0 Å². The van der Waals surface area contributed by atoms with Crippen LogP contribution in [0.3, 0.4) is 0 Å². The zero-order valence-corrected chi connectivity index (χ0v) is 16.7. The molecule has 1 heterocycles. The van der Waals surface area contributed by atoms with Crippen LogP contribution in [0.2, 0.25) is 0 Å². The van der Waals surface area contributed by atoms with Crippen LogP contribution in [-0.4, -0.2) is 56.5 Å². The molecule has 2 aromatic carbocycles. The second-order valence-electron chi connectivity index (χ2n) is 6.86. The average molecular weight is 400 g/mol. The van der Waals surface area contributed by atoms with Gasteiger partial charge in [0.2, 0.25) is 5.91 Å². The molecule has 1 amide bonds. The molecule has 0 aliphatic carbocycles. The molecule has 0 aromatic heterocycles. The molecule has 0 saturated carbocycles. The van der Waals surface area contributed by atoms with Gasteiger partial charge in [-0.05, 0) is 49.4 Å². The van der Waals surface area contributed by atoms with Crippen molar-refractivity contribution in [1.82, 2.24) is 4.90 Å². The molecular formula is C22H25FN2O4. The summed E-state index contributed by atoms with van der Waals surface area (Å²) < 4.78 is 25.0. The Morgan fingerprint density at radius 3 is 2.24 bits per heavy atom. The van der Waals surface area contributed by atoms with E-state index in [1.807, 2.05) is 4.90 Å². The van der Waals surface area contributed by atoms with E-state index in [1.54, 1.807) is 48.4 Å². The summed E-state index contributed by atoms with van der Waals surface area (Å²) >= 11 is 0. The maximum absolute atomic E-state index is 14.3. The SMILES string of the molecule is COc1ccc(OCCC(=O)N2CCN(c3ccc(C(C)=O)cc3F)CC2)cc1. The quantitative estimate of drug-likeness (QED) is 0.669. The lowest BCUT2D eigenvalue weighted by Gasteiger charge is -2.36. The number of ether oxygens (including phenoxy) is 2. The van der Waals surface area contributed by atoms with Gasteiger partial charge in [0.05, 0.1) is 25.8 Å². The number of carbonyl (C=O) groups is 2. The largest absolute Gasteiger partial charge is 0.497 e. The second-order valence-corrected chi connectivity index (χ2v) is 6.86. The molecule has 0 unspecified atom stereocenters. The number of carbonyl (C=O) groups excluding carboxylic acids is 2. The first-order valence-electron chi connectivity index (χ1n) is 9.58. The minimum Gasteiger partial charge on any atom is -0.497 e. The van der Waals surface area contributed by atoms with E-state index in [-0.39, 0.29) is 18.1 Å². The molecule has 0 spiro atoms. The Kier molecular flexibility index (Phi) is 6.69. The molecule has 6 nitrogen and oxygen atoms in total. The number of ketones is 1. The molecule has 2 aromatic rings. The summed E-state index contributed by atoms with van der Waals surface area (Å²) in [6.45, 7) is 3.84. The van der Waals surface area contributed by atoms with Crippen molar-refractivity contribution in [3.63, 3.8) is 0 Å². The summed E-state index contributed by atoms with van der Waals surface area (Å²) in [5.74, 6) is 0.880. The minimum atomic E-state index is -0.412. The first-order chi connectivity index (χ1) is 14.0. The second kappa shape index (κ2) is 9.41. The third-order valence-corrected chi connectivity index (χ3v) is 4.97. The number of rotatable bonds is 7. The van der Waals surface area contributed by atoms with Gasteiger partial charge in [0.15, 0.2) is 5.78 Å². The molecular weight excluding hydrogens is 375 g/mol. The number of halogens is 1. The van der Waals surface area contributed by atoms with E-state index in [0.717, 1.165) is 5.75 Å². The van der Waals surface area contributed by atoms with E-state index in [0.29, 0.717) is 49.8 Å². The van der Waals surface area contributed by atoms with Crippen molar-refractivity contribution in [2.75, 3.05) is 44.8 Å². The zero-order valence-electron chi connectivity index (χ0n) is 16.7. The summed E-state index contributed by atoms with van der Waals surface area (Å²) in [5, 5.41) is 0. The maximum Gasteiger partial charge on any atom is 0.226 e. The molecule has 1 saturated heterocycles. The number of nitrogens with zero attached hydrogens (tertiary/aromatic N) is 2. The van der Waals surface area contributed by atoms with Gasteiger partial charge in [0, 0.05) is 31.7 Å². The van der Waals surface area contributed by atoms with Crippen molar-refractivity contribution in [3.8, 4) is 11.5 Å². The Bertz CT molecular complexity index is 862. The van der Waals surface area contributed by atoms with Crippen LogP contribution < -0.4 is 14.4 Å². The number of Topliss-reactive ketones (excluding diaryl/α,β-unsaturated/α-hetero) is 1. The van der Waals surface area contributed by atoms with Crippen LogP contribution >= 0.6 is 0 Å². The summed E-state index contributed by atoms with van der Waals surface area (Å²) in [6, 6.07) is 11.7. The number of piperazine rings is 1. The number of hydrogen-bond acceptors (Lipinski definition) is 5. The van der Waals surface area contributed by atoms with E-state index in [4.69, 9.17) is 9.47 Å². The Morgan fingerprint density at radius 2 is 1.66 bits per heavy atom. The van der Waals surface area contributed by atoms with Crippen molar-refractivity contribution < 1.29 is 23.5 Å². The Labute approximate surface area is 169 Å². The highest BCUT2D eigenvalue weighted by molar-refractivity contribution is 5.94. The third kappa shape index (κ3) is 5.25. The van der Waals surface area contributed by atoms with Gasteiger partial charge in [0.25, 0.3) is 0 Å².